The molecule has 220 valence electrons. The Morgan fingerprint density at radius 1 is 0.846 bits per heavy atom. The number of hydrogen-bond donors (Lipinski definition) is 2. The zero-order valence-electron chi connectivity index (χ0n) is 20.9. The lowest BCUT2D eigenvalue weighted by molar-refractivity contribution is -0.175. The molecule has 1 aromatic rings. The zero-order valence-corrected chi connectivity index (χ0v) is 21.7. The summed E-state index contributed by atoms with van der Waals surface area (Å²) in [7, 11) is -5.56. The fourth-order valence-corrected chi connectivity index (χ4v) is 5.44. The lowest BCUT2D eigenvalue weighted by Crippen LogP contribution is -2.58. The highest BCUT2D eigenvalue weighted by molar-refractivity contribution is 7.89. The molecule has 2 amide bonds. The SMILES string of the molecule is CC(C)C(NC(=O)C1CCCN1C(=O)[C@@H](NS(=O)(=O)c1c(F)c(F)c(F)c(F)c1F)C(C)C)C(=O)C(F)(F)F. The number of benzene rings is 1. The molecule has 2 unspecified atom stereocenters. The standard InChI is InChI=1S/C22H25F8N3O5S/c1-8(2)16(19(34)22(28,29)30)31-20(35)10-6-5-7-33(10)21(36)17(9(3)4)32-39(37,38)18-14(26)12(24)11(23)13(25)15(18)27/h8-10,16-17,32H,5-7H2,1-4H3,(H,31,35)/t10?,16?,17-/m0/s1. The van der Waals surface area contributed by atoms with E-state index in [-0.39, 0.29) is 19.4 Å². The van der Waals surface area contributed by atoms with Crippen LogP contribution in [0.1, 0.15) is 40.5 Å². The van der Waals surface area contributed by atoms with Gasteiger partial charge >= 0.3 is 6.18 Å². The molecule has 1 aliphatic heterocycles. The van der Waals surface area contributed by atoms with Crippen molar-refractivity contribution in [1.29, 1.82) is 0 Å². The van der Waals surface area contributed by atoms with Gasteiger partial charge in [-0.3, -0.25) is 14.4 Å². The van der Waals surface area contributed by atoms with Gasteiger partial charge in [0.1, 0.15) is 12.1 Å². The lowest BCUT2D eigenvalue weighted by atomic mass is 9.98. The van der Waals surface area contributed by atoms with E-state index in [9.17, 15) is 57.9 Å². The first-order valence-electron chi connectivity index (χ1n) is 11.5. The highest BCUT2D eigenvalue weighted by Crippen LogP contribution is 2.28. The van der Waals surface area contributed by atoms with Gasteiger partial charge in [-0.2, -0.15) is 17.9 Å². The number of alkyl halides is 3. The van der Waals surface area contributed by atoms with Crippen LogP contribution < -0.4 is 10.0 Å². The van der Waals surface area contributed by atoms with Crippen LogP contribution in [0, 0.1) is 40.9 Å². The molecule has 0 aliphatic carbocycles. The maximum atomic E-state index is 14.2. The van der Waals surface area contributed by atoms with E-state index in [1.165, 1.54) is 27.7 Å². The quantitative estimate of drug-likeness (QED) is 0.259. The molecular weight excluding hydrogens is 570 g/mol. The minimum atomic E-state index is -5.56. The summed E-state index contributed by atoms with van der Waals surface area (Å²) in [5.41, 5.74) is 0. The van der Waals surface area contributed by atoms with Gasteiger partial charge in [-0.05, 0) is 24.7 Å². The number of carbonyl (C=O) groups excluding carboxylic acids is 3. The summed E-state index contributed by atoms with van der Waals surface area (Å²) in [6.07, 6.45) is -5.21. The first kappa shape index (κ1) is 32.4. The molecule has 2 N–H and O–H groups in total. The van der Waals surface area contributed by atoms with Gasteiger partial charge in [0.05, 0.1) is 6.04 Å². The molecule has 0 bridgehead atoms. The van der Waals surface area contributed by atoms with E-state index in [2.05, 4.69) is 0 Å². The number of likely N-dealkylation sites (tertiary alicyclic amines) is 1. The highest BCUT2D eigenvalue weighted by atomic mass is 32.2. The summed E-state index contributed by atoms with van der Waals surface area (Å²) in [6, 6.07) is -5.32. The van der Waals surface area contributed by atoms with Gasteiger partial charge in [0, 0.05) is 6.54 Å². The second-order valence-electron chi connectivity index (χ2n) is 9.52. The predicted molar refractivity (Wildman–Crippen MR) is 118 cm³/mol. The van der Waals surface area contributed by atoms with Gasteiger partial charge < -0.3 is 10.2 Å². The van der Waals surface area contributed by atoms with Crippen LogP contribution in [0.2, 0.25) is 0 Å². The lowest BCUT2D eigenvalue weighted by Gasteiger charge is -2.31. The predicted octanol–water partition coefficient (Wildman–Crippen LogP) is 2.95. The molecule has 0 aromatic heterocycles. The van der Waals surface area contributed by atoms with Crippen LogP contribution in [-0.4, -0.2) is 61.8 Å². The van der Waals surface area contributed by atoms with Crippen molar-refractivity contribution in [2.45, 2.75) is 69.7 Å². The van der Waals surface area contributed by atoms with Crippen molar-refractivity contribution < 1.29 is 57.9 Å². The van der Waals surface area contributed by atoms with Crippen LogP contribution in [0.5, 0.6) is 0 Å². The van der Waals surface area contributed by atoms with E-state index in [1.54, 1.807) is 4.72 Å². The summed E-state index contributed by atoms with van der Waals surface area (Å²) in [5, 5.41) is 1.97. The second-order valence-corrected chi connectivity index (χ2v) is 11.2. The third-order valence-corrected chi connectivity index (χ3v) is 7.48. The van der Waals surface area contributed by atoms with E-state index in [0.29, 0.717) is 0 Å². The summed E-state index contributed by atoms with van der Waals surface area (Å²) in [6.45, 7) is 4.84. The minimum absolute atomic E-state index is 0.0855. The molecule has 1 saturated heterocycles. The molecule has 0 radical (unpaired) electrons. The van der Waals surface area contributed by atoms with E-state index in [1.807, 2.05) is 5.32 Å². The molecule has 39 heavy (non-hydrogen) atoms. The number of sulfonamides is 1. The number of rotatable bonds is 9. The van der Waals surface area contributed by atoms with Crippen LogP contribution in [0.3, 0.4) is 0 Å². The number of nitrogens with one attached hydrogen (secondary N) is 2. The number of Topliss-reactive ketones (excluding diaryl/α,β-unsaturated/α-hetero) is 1. The van der Waals surface area contributed by atoms with E-state index in [0.717, 1.165) is 4.90 Å². The van der Waals surface area contributed by atoms with E-state index >= 15 is 0 Å². The molecule has 0 saturated carbocycles. The third kappa shape index (κ3) is 6.67. The number of halogens is 8. The fraction of sp³-hybridized carbons (Fsp3) is 0.591. The Bertz CT molecular complexity index is 1220. The Balaban J connectivity index is 2.38. The van der Waals surface area contributed by atoms with Crippen LogP contribution >= 0.6 is 0 Å². The molecule has 1 aliphatic rings. The topological polar surface area (TPSA) is 113 Å². The smallest absolute Gasteiger partial charge is 0.344 e. The number of carbonyl (C=O) groups is 3. The third-order valence-electron chi connectivity index (χ3n) is 6.02. The Labute approximate surface area is 218 Å². The average molecular weight is 596 g/mol. The average Bonchev–Trinajstić information content (AvgIpc) is 3.31. The maximum absolute atomic E-state index is 14.2. The molecule has 0 spiro atoms. The van der Waals surface area contributed by atoms with Crippen LogP contribution in [-0.2, 0) is 24.4 Å². The summed E-state index contributed by atoms with van der Waals surface area (Å²) < 4.78 is 135. The molecule has 1 heterocycles. The first-order chi connectivity index (χ1) is 17.7. The van der Waals surface area contributed by atoms with Gasteiger partial charge in [0.15, 0.2) is 28.2 Å². The highest BCUT2D eigenvalue weighted by Gasteiger charge is 2.47. The van der Waals surface area contributed by atoms with Gasteiger partial charge in [0.25, 0.3) is 5.78 Å². The number of amides is 2. The van der Waals surface area contributed by atoms with Gasteiger partial charge in [-0.15, -0.1) is 0 Å². The van der Waals surface area contributed by atoms with Crippen molar-refractivity contribution in [3.63, 3.8) is 0 Å². The van der Waals surface area contributed by atoms with Gasteiger partial charge in [-0.1, -0.05) is 27.7 Å². The van der Waals surface area contributed by atoms with Gasteiger partial charge in [-0.25, -0.2) is 30.4 Å². The van der Waals surface area contributed by atoms with Crippen molar-refractivity contribution in [1.82, 2.24) is 14.9 Å². The first-order valence-corrected chi connectivity index (χ1v) is 13.0. The Morgan fingerprint density at radius 3 is 1.74 bits per heavy atom. The van der Waals surface area contributed by atoms with Crippen molar-refractivity contribution in [2.75, 3.05) is 6.54 Å². The number of hydrogen-bond acceptors (Lipinski definition) is 5. The van der Waals surface area contributed by atoms with Crippen LogP contribution in [0.4, 0.5) is 35.1 Å². The van der Waals surface area contributed by atoms with Crippen molar-refractivity contribution in [3.05, 3.63) is 29.1 Å². The van der Waals surface area contributed by atoms with Crippen molar-refractivity contribution in [3.8, 4) is 0 Å². The second kappa shape index (κ2) is 11.7. The molecule has 2 rings (SSSR count). The summed E-state index contributed by atoms with van der Waals surface area (Å²) in [5.74, 6) is -19.5. The maximum Gasteiger partial charge on any atom is 0.452 e. The van der Waals surface area contributed by atoms with E-state index < -0.39 is 97.7 Å². The summed E-state index contributed by atoms with van der Waals surface area (Å²) >= 11 is 0. The Hall–Kier alpha value is -2.82. The van der Waals surface area contributed by atoms with Crippen LogP contribution in [0.15, 0.2) is 4.90 Å². The van der Waals surface area contributed by atoms with Crippen LogP contribution in [0.25, 0.3) is 0 Å². The fourth-order valence-electron chi connectivity index (χ4n) is 3.96. The van der Waals surface area contributed by atoms with E-state index in [4.69, 9.17) is 0 Å². The molecular formula is C22H25F8N3O5S. The Kier molecular flexibility index (Phi) is 9.75. The molecule has 17 heteroatoms. The zero-order chi connectivity index (χ0) is 30.2. The Morgan fingerprint density at radius 2 is 1.31 bits per heavy atom. The van der Waals surface area contributed by atoms with Gasteiger partial charge in [0.2, 0.25) is 27.7 Å². The molecule has 1 fully saturated rings. The largest absolute Gasteiger partial charge is 0.452 e. The van der Waals surface area contributed by atoms with Crippen molar-refractivity contribution in [2.24, 2.45) is 11.8 Å². The summed E-state index contributed by atoms with van der Waals surface area (Å²) in [4.78, 5) is 36.4. The normalized spacial score (nSPS) is 18.0. The molecule has 1 aromatic carbocycles. The number of nitrogens with zero attached hydrogens (tertiary/aromatic N) is 1. The van der Waals surface area contributed by atoms with Crippen molar-refractivity contribution >= 4 is 27.6 Å². The minimum Gasteiger partial charge on any atom is -0.344 e. The monoisotopic (exact) mass is 595 g/mol. The molecule has 8 nitrogen and oxygen atoms in total. The number of ketones is 1. The molecule has 3 atom stereocenters.